The Morgan fingerprint density at radius 3 is 2.26 bits per heavy atom. The van der Waals surface area contributed by atoms with E-state index in [4.69, 9.17) is 44.4 Å². The lowest BCUT2D eigenvalue weighted by molar-refractivity contribution is 0.340. The van der Waals surface area contributed by atoms with Gasteiger partial charge in [-0.15, -0.1) is 5.11 Å². The molecule has 0 spiro atoms. The normalized spacial score (nSPS) is 11.1. The SMILES string of the molecule is CCOc1ccc2nc3cc(N=Nc4ccc(N)nc4N)ccc3c(N)c2c1.O.O=S(=O)(O)O. The Bertz CT molecular complexity index is 1450. The number of rotatable bonds is 4. The summed E-state index contributed by atoms with van der Waals surface area (Å²) >= 11 is 0. The molecule has 0 saturated heterocycles. The van der Waals surface area contributed by atoms with Crippen molar-refractivity contribution in [3.05, 3.63) is 48.5 Å². The van der Waals surface area contributed by atoms with Gasteiger partial charge >= 0.3 is 10.4 Å². The number of hydrogen-bond acceptors (Lipinski definition) is 10. The van der Waals surface area contributed by atoms with Crippen molar-refractivity contribution in [2.75, 3.05) is 23.8 Å². The first-order valence-electron chi connectivity index (χ1n) is 9.44. The number of nitrogens with two attached hydrogens (primary N) is 3. The Morgan fingerprint density at radius 2 is 1.62 bits per heavy atom. The van der Waals surface area contributed by atoms with Crippen LogP contribution in [0.1, 0.15) is 6.92 Å². The van der Waals surface area contributed by atoms with Crippen molar-refractivity contribution in [2.45, 2.75) is 6.92 Å². The summed E-state index contributed by atoms with van der Waals surface area (Å²) in [6, 6.07) is 14.5. The first kappa shape index (κ1) is 26.1. The molecule has 0 radical (unpaired) electrons. The molecule has 0 aliphatic rings. The summed E-state index contributed by atoms with van der Waals surface area (Å²) in [7, 11) is -4.67. The molecule has 34 heavy (non-hydrogen) atoms. The molecule has 2 heterocycles. The highest BCUT2D eigenvalue weighted by atomic mass is 32.3. The number of hydrogen-bond donors (Lipinski definition) is 5. The Balaban J connectivity index is 0.000000619. The van der Waals surface area contributed by atoms with Crippen LogP contribution in [0.4, 0.5) is 28.7 Å². The molecule has 4 aromatic rings. The van der Waals surface area contributed by atoms with Gasteiger partial charge in [-0.05, 0) is 55.5 Å². The average molecular weight is 490 g/mol. The molecule has 0 atom stereocenters. The van der Waals surface area contributed by atoms with Crippen LogP contribution >= 0.6 is 0 Å². The van der Waals surface area contributed by atoms with Crippen LogP contribution < -0.4 is 21.9 Å². The van der Waals surface area contributed by atoms with E-state index in [1.54, 1.807) is 12.1 Å². The summed E-state index contributed by atoms with van der Waals surface area (Å²) in [6.07, 6.45) is 0. The molecule has 0 fully saturated rings. The molecule has 0 amide bonds. The maximum Gasteiger partial charge on any atom is 0.394 e. The smallest absolute Gasteiger partial charge is 0.394 e. The lowest BCUT2D eigenvalue weighted by Crippen LogP contribution is -1.95. The van der Waals surface area contributed by atoms with Crippen LogP contribution in [-0.4, -0.2) is 39.6 Å². The minimum Gasteiger partial charge on any atom is -0.494 e. The van der Waals surface area contributed by atoms with Gasteiger partial charge in [-0.25, -0.2) is 9.97 Å². The molecular formula is C20H23N7O6S. The number of azo groups is 1. The summed E-state index contributed by atoms with van der Waals surface area (Å²) in [5, 5.41) is 10.1. The summed E-state index contributed by atoms with van der Waals surface area (Å²) in [4.78, 5) is 8.66. The summed E-state index contributed by atoms with van der Waals surface area (Å²) in [5.74, 6) is 1.33. The highest BCUT2D eigenvalue weighted by Gasteiger charge is 2.09. The summed E-state index contributed by atoms with van der Waals surface area (Å²) < 4.78 is 37.1. The van der Waals surface area contributed by atoms with Crippen molar-refractivity contribution >= 4 is 60.9 Å². The maximum absolute atomic E-state index is 8.74. The Kier molecular flexibility index (Phi) is 8.21. The summed E-state index contributed by atoms with van der Waals surface area (Å²) in [5.41, 5.74) is 21.0. The van der Waals surface area contributed by atoms with Gasteiger partial charge in [-0.3, -0.25) is 9.11 Å². The van der Waals surface area contributed by atoms with Crippen LogP contribution in [0.15, 0.2) is 58.8 Å². The number of nitrogen functional groups attached to an aromatic ring is 3. The van der Waals surface area contributed by atoms with Gasteiger partial charge in [0.25, 0.3) is 0 Å². The van der Waals surface area contributed by atoms with Gasteiger partial charge in [0.2, 0.25) is 0 Å². The monoisotopic (exact) mass is 489 g/mol. The second-order valence-electron chi connectivity index (χ2n) is 6.63. The van der Waals surface area contributed by atoms with Crippen LogP contribution in [-0.2, 0) is 10.4 Å². The van der Waals surface area contributed by atoms with E-state index in [9.17, 15) is 0 Å². The lowest BCUT2D eigenvalue weighted by Gasteiger charge is -2.09. The van der Waals surface area contributed by atoms with Crippen molar-refractivity contribution in [1.82, 2.24) is 9.97 Å². The molecule has 14 heteroatoms. The molecule has 180 valence electrons. The average Bonchev–Trinajstić information content (AvgIpc) is 2.73. The number of ether oxygens (including phenoxy) is 1. The first-order chi connectivity index (χ1) is 15.5. The molecule has 0 saturated carbocycles. The van der Waals surface area contributed by atoms with Crippen LogP contribution in [0, 0.1) is 0 Å². The van der Waals surface area contributed by atoms with Crippen molar-refractivity contribution in [3.8, 4) is 5.75 Å². The zero-order valence-electron chi connectivity index (χ0n) is 17.9. The second-order valence-corrected chi connectivity index (χ2v) is 7.52. The standard InChI is InChI=1S/C20H19N7O.H2O4S.H2O/c1-2-28-12-4-6-15-14(10-12)19(22)13-5-3-11(9-17(13)24-15)26-27-16-7-8-18(21)25-20(16)23;1-5(2,3)4;/h3-10H,2H2,1H3,(H2,22,24)(H4,21,23,25);(H2,1,2,3,4);1H2. The first-order valence-corrected chi connectivity index (χ1v) is 10.8. The Morgan fingerprint density at radius 1 is 0.912 bits per heavy atom. The van der Waals surface area contributed by atoms with Gasteiger partial charge in [0.1, 0.15) is 17.3 Å². The van der Waals surface area contributed by atoms with Crippen LogP contribution in [0.3, 0.4) is 0 Å². The highest BCUT2D eigenvalue weighted by molar-refractivity contribution is 7.79. The number of anilines is 3. The van der Waals surface area contributed by atoms with Crippen LogP contribution in [0.2, 0.25) is 0 Å². The third-order valence-corrected chi connectivity index (χ3v) is 4.28. The molecule has 10 N–H and O–H groups in total. The fraction of sp³-hybridized carbons (Fsp3) is 0.100. The van der Waals surface area contributed by atoms with Gasteiger partial charge in [0.05, 0.1) is 29.0 Å². The second kappa shape index (κ2) is 10.7. The van der Waals surface area contributed by atoms with Gasteiger partial charge in [-0.1, -0.05) is 0 Å². The zero-order chi connectivity index (χ0) is 24.2. The number of fused-ring (bicyclic) bond motifs is 2. The quantitative estimate of drug-likeness (QED) is 0.159. The van der Waals surface area contributed by atoms with E-state index in [-0.39, 0.29) is 11.3 Å². The number of pyridine rings is 2. The molecule has 0 bridgehead atoms. The Hall–Kier alpha value is -4.11. The Labute approximate surface area is 194 Å². The highest BCUT2D eigenvalue weighted by Crippen LogP contribution is 2.33. The fourth-order valence-corrected chi connectivity index (χ4v) is 2.94. The van der Waals surface area contributed by atoms with E-state index in [0.29, 0.717) is 29.5 Å². The predicted molar refractivity (Wildman–Crippen MR) is 130 cm³/mol. The van der Waals surface area contributed by atoms with E-state index in [1.165, 1.54) is 0 Å². The lowest BCUT2D eigenvalue weighted by atomic mass is 10.1. The third-order valence-electron chi connectivity index (χ3n) is 4.28. The summed E-state index contributed by atoms with van der Waals surface area (Å²) in [6.45, 7) is 2.53. The molecule has 0 unspecified atom stereocenters. The van der Waals surface area contributed by atoms with Crippen molar-refractivity contribution in [1.29, 1.82) is 0 Å². The minimum absolute atomic E-state index is 0. The van der Waals surface area contributed by atoms with Crippen molar-refractivity contribution in [2.24, 2.45) is 10.2 Å². The predicted octanol–water partition coefficient (Wildman–Crippen LogP) is 2.87. The van der Waals surface area contributed by atoms with E-state index in [1.807, 2.05) is 43.3 Å². The third kappa shape index (κ3) is 6.69. The van der Waals surface area contributed by atoms with Crippen molar-refractivity contribution < 1.29 is 27.7 Å². The number of nitrogens with zero attached hydrogens (tertiary/aromatic N) is 4. The van der Waals surface area contributed by atoms with Gasteiger partial charge in [0, 0.05) is 10.8 Å². The minimum atomic E-state index is -4.67. The van der Waals surface area contributed by atoms with Gasteiger partial charge in [-0.2, -0.15) is 13.5 Å². The largest absolute Gasteiger partial charge is 0.494 e. The topological polar surface area (TPSA) is 244 Å². The molecule has 2 aromatic heterocycles. The van der Waals surface area contributed by atoms with Crippen LogP contribution in [0.25, 0.3) is 21.8 Å². The van der Waals surface area contributed by atoms with E-state index in [2.05, 4.69) is 15.2 Å². The molecule has 0 aliphatic heterocycles. The molecule has 2 aromatic carbocycles. The van der Waals surface area contributed by atoms with Crippen molar-refractivity contribution in [3.63, 3.8) is 0 Å². The zero-order valence-corrected chi connectivity index (χ0v) is 18.7. The molecule has 0 aliphatic carbocycles. The molecule has 13 nitrogen and oxygen atoms in total. The maximum atomic E-state index is 8.74. The van der Waals surface area contributed by atoms with E-state index in [0.717, 1.165) is 27.6 Å². The molecule has 4 rings (SSSR count). The van der Waals surface area contributed by atoms with Gasteiger partial charge < -0.3 is 27.4 Å². The molecular weight excluding hydrogens is 466 g/mol. The number of aromatic nitrogens is 2. The van der Waals surface area contributed by atoms with E-state index < -0.39 is 10.4 Å². The van der Waals surface area contributed by atoms with Crippen LogP contribution in [0.5, 0.6) is 5.75 Å². The number of benzene rings is 2. The fourth-order valence-electron chi connectivity index (χ4n) is 2.94. The van der Waals surface area contributed by atoms with Gasteiger partial charge in [0.15, 0.2) is 5.82 Å². The van der Waals surface area contributed by atoms with E-state index >= 15 is 0 Å².